The highest BCUT2D eigenvalue weighted by Crippen LogP contribution is 2.28. The van der Waals surface area contributed by atoms with Gasteiger partial charge in [0.2, 0.25) is 12.0 Å². The van der Waals surface area contributed by atoms with E-state index in [1.54, 1.807) is 41.3 Å². The van der Waals surface area contributed by atoms with Crippen molar-refractivity contribution in [3.8, 4) is 0 Å². The summed E-state index contributed by atoms with van der Waals surface area (Å²) in [6, 6.07) is 14.2. The molecule has 2 aromatic rings. The lowest BCUT2D eigenvalue weighted by atomic mass is 9.91. The van der Waals surface area contributed by atoms with Crippen molar-refractivity contribution < 1.29 is 19.1 Å². The van der Waals surface area contributed by atoms with Gasteiger partial charge in [-0.1, -0.05) is 68.8 Å². The second-order valence-electron chi connectivity index (χ2n) is 9.50. The normalized spacial score (nSPS) is 15.6. The number of carbonyl (C=O) groups is 3. The second kappa shape index (κ2) is 10.4. The molecule has 0 aromatic heterocycles. The third kappa shape index (κ3) is 6.35. The number of aryl methyl sites for hydroxylation is 1. The van der Waals surface area contributed by atoms with Gasteiger partial charge in [-0.2, -0.15) is 0 Å². The first-order valence-electron chi connectivity index (χ1n) is 11.2. The molecule has 1 aliphatic heterocycles. The Hall–Kier alpha value is -2.86. The number of esters is 1. The lowest BCUT2D eigenvalue weighted by molar-refractivity contribution is -0.161. The maximum atomic E-state index is 13.1. The van der Waals surface area contributed by atoms with Crippen molar-refractivity contribution in [2.45, 2.75) is 46.6 Å². The number of anilines is 1. The number of halogens is 1. The quantitative estimate of drug-likeness (QED) is 0.612. The molecule has 0 spiro atoms. The molecule has 1 heterocycles. The van der Waals surface area contributed by atoms with Crippen molar-refractivity contribution in [3.05, 3.63) is 64.7 Å². The second-order valence-corrected chi connectivity index (χ2v) is 9.90. The Balaban J connectivity index is 1.69. The van der Waals surface area contributed by atoms with Crippen molar-refractivity contribution in [1.29, 1.82) is 0 Å². The first-order chi connectivity index (χ1) is 15.6. The number of hydrogen-bond donors (Lipinski definition) is 1. The van der Waals surface area contributed by atoms with E-state index in [0.29, 0.717) is 42.2 Å². The third-order valence-corrected chi connectivity index (χ3v) is 6.18. The number of nitrogens with one attached hydrogen (secondary N) is 1. The van der Waals surface area contributed by atoms with E-state index in [4.69, 9.17) is 16.3 Å². The summed E-state index contributed by atoms with van der Waals surface area (Å²) in [5, 5.41) is 3.34. The lowest BCUT2D eigenvalue weighted by Gasteiger charge is -2.35. The molecule has 1 N–H and O–H groups in total. The van der Waals surface area contributed by atoms with Crippen LogP contribution in [0.25, 0.3) is 0 Å². The summed E-state index contributed by atoms with van der Waals surface area (Å²) in [7, 11) is 0. The van der Waals surface area contributed by atoms with Gasteiger partial charge in [0.05, 0.1) is 5.92 Å². The molecule has 2 aromatic carbocycles. The molecule has 1 atom stereocenters. The third-order valence-electron chi connectivity index (χ3n) is 5.77. The average molecular weight is 471 g/mol. The molecule has 0 saturated carbocycles. The number of hydrogen-bond acceptors (Lipinski definition) is 4. The molecule has 1 unspecified atom stereocenters. The van der Waals surface area contributed by atoms with Gasteiger partial charge >= 0.3 is 5.97 Å². The van der Waals surface area contributed by atoms with E-state index in [9.17, 15) is 14.4 Å². The van der Waals surface area contributed by atoms with Crippen LogP contribution < -0.4 is 5.32 Å². The highest BCUT2D eigenvalue weighted by atomic mass is 35.5. The Labute approximate surface area is 200 Å². The molecule has 0 aliphatic carbocycles. The van der Waals surface area contributed by atoms with Crippen LogP contribution in [0, 0.1) is 18.3 Å². The van der Waals surface area contributed by atoms with E-state index in [2.05, 4.69) is 5.32 Å². The number of nitrogens with zero attached hydrogens (tertiary/aromatic N) is 1. The summed E-state index contributed by atoms with van der Waals surface area (Å²) in [5.74, 6) is -1.16. The van der Waals surface area contributed by atoms with Crippen LogP contribution in [0.15, 0.2) is 48.5 Å². The van der Waals surface area contributed by atoms with Gasteiger partial charge in [0, 0.05) is 34.8 Å². The topological polar surface area (TPSA) is 75.7 Å². The number of rotatable bonds is 5. The highest BCUT2D eigenvalue weighted by Gasteiger charge is 2.35. The first-order valence-corrected chi connectivity index (χ1v) is 11.6. The Kier molecular flexibility index (Phi) is 7.80. The molecule has 1 saturated heterocycles. The molecule has 6 nitrogen and oxygen atoms in total. The predicted octanol–water partition coefficient (Wildman–Crippen LogP) is 5.16. The fraction of sp³-hybridized carbons (Fsp3) is 0.423. The summed E-state index contributed by atoms with van der Waals surface area (Å²) in [4.78, 5) is 40.4. The molecule has 1 fully saturated rings. The Morgan fingerprint density at radius 3 is 2.27 bits per heavy atom. The number of benzene rings is 2. The van der Waals surface area contributed by atoms with Crippen molar-refractivity contribution in [3.63, 3.8) is 0 Å². The number of likely N-dealkylation sites (tertiary alicyclic amines) is 1. The number of ether oxygens (including phenoxy) is 1. The molecule has 2 amide bonds. The maximum absolute atomic E-state index is 13.1. The summed E-state index contributed by atoms with van der Waals surface area (Å²) in [5.41, 5.74) is 1.56. The fourth-order valence-electron chi connectivity index (χ4n) is 3.78. The van der Waals surface area contributed by atoms with E-state index in [0.717, 1.165) is 5.56 Å². The van der Waals surface area contributed by atoms with Gasteiger partial charge < -0.3 is 15.0 Å². The summed E-state index contributed by atoms with van der Waals surface area (Å²) in [6.07, 6.45) is -0.0673. The van der Waals surface area contributed by atoms with Gasteiger partial charge in [0.1, 0.15) is 0 Å². The Morgan fingerprint density at radius 1 is 1.06 bits per heavy atom. The van der Waals surface area contributed by atoms with Crippen LogP contribution in [0.4, 0.5) is 5.69 Å². The molecular weight excluding hydrogens is 440 g/mol. The smallest absolute Gasteiger partial charge is 0.310 e. The Bertz CT molecular complexity index is 1010. The predicted molar refractivity (Wildman–Crippen MR) is 129 cm³/mol. The standard InChI is InChI=1S/C26H31ClN2O4/c1-17-10-11-20(16-21(17)27)28-23(30)22(18-8-6-5-7-9-18)33-24(31)19-12-14-29(15-13-19)25(32)26(2,3)4/h5-11,16,19,22H,12-15H2,1-4H3,(H,28,30). The lowest BCUT2D eigenvalue weighted by Crippen LogP contribution is -2.45. The minimum absolute atomic E-state index is 0.0765. The van der Waals surface area contributed by atoms with Gasteiger partial charge in [-0.05, 0) is 37.5 Å². The van der Waals surface area contributed by atoms with E-state index in [-0.39, 0.29) is 11.8 Å². The zero-order valence-electron chi connectivity index (χ0n) is 19.6. The number of amides is 2. The highest BCUT2D eigenvalue weighted by molar-refractivity contribution is 6.31. The molecule has 176 valence electrons. The molecular formula is C26H31ClN2O4. The minimum atomic E-state index is -1.09. The van der Waals surface area contributed by atoms with E-state index >= 15 is 0 Å². The summed E-state index contributed by atoms with van der Waals surface area (Å²) in [6.45, 7) is 8.54. The summed E-state index contributed by atoms with van der Waals surface area (Å²) >= 11 is 6.18. The maximum Gasteiger partial charge on any atom is 0.310 e. The van der Waals surface area contributed by atoms with E-state index < -0.39 is 23.4 Å². The van der Waals surface area contributed by atoms with Crippen molar-refractivity contribution in [2.24, 2.45) is 11.3 Å². The van der Waals surface area contributed by atoms with Gasteiger partial charge in [0.25, 0.3) is 5.91 Å². The molecule has 7 heteroatoms. The molecule has 0 radical (unpaired) electrons. The van der Waals surface area contributed by atoms with Crippen LogP contribution in [0.2, 0.25) is 5.02 Å². The van der Waals surface area contributed by atoms with Gasteiger partial charge in [-0.3, -0.25) is 14.4 Å². The van der Waals surface area contributed by atoms with E-state index in [1.165, 1.54) is 0 Å². The zero-order chi connectivity index (χ0) is 24.2. The first kappa shape index (κ1) is 24.8. The van der Waals surface area contributed by atoms with Crippen LogP contribution in [0.3, 0.4) is 0 Å². The van der Waals surface area contributed by atoms with Crippen molar-refractivity contribution in [2.75, 3.05) is 18.4 Å². The Morgan fingerprint density at radius 2 is 1.70 bits per heavy atom. The molecule has 0 bridgehead atoms. The van der Waals surface area contributed by atoms with Gasteiger partial charge in [-0.25, -0.2) is 0 Å². The number of carbonyl (C=O) groups excluding carboxylic acids is 3. The SMILES string of the molecule is Cc1ccc(NC(=O)C(OC(=O)C2CCN(C(=O)C(C)(C)C)CC2)c2ccccc2)cc1Cl. The minimum Gasteiger partial charge on any atom is -0.447 e. The zero-order valence-corrected chi connectivity index (χ0v) is 20.3. The molecule has 33 heavy (non-hydrogen) atoms. The summed E-state index contributed by atoms with van der Waals surface area (Å²) < 4.78 is 5.74. The van der Waals surface area contributed by atoms with Gasteiger partial charge in [0.15, 0.2) is 0 Å². The van der Waals surface area contributed by atoms with Crippen LogP contribution in [0.1, 0.15) is 50.8 Å². The van der Waals surface area contributed by atoms with Crippen molar-refractivity contribution in [1.82, 2.24) is 4.90 Å². The van der Waals surface area contributed by atoms with Crippen LogP contribution >= 0.6 is 11.6 Å². The fourth-order valence-corrected chi connectivity index (χ4v) is 3.96. The van der Waals surface area contributed by atoms with Gasteiger partial charge in [-0.15, -0.1) is 0 Å². The van der Waals surface area contributed by atoms with Crippen LogP contribution in [-0.2, 0) is 19.1 Å². The largest absolute Gasteiger partial charge is 0.447 e. The number of piperidine rings is 1. The molecule has 1 aliphatic rings. The van der Waals surface area contributed by atoms with Crippen LogP contribution in [0.5, 0.6) is 0 Å². The van der Waals surface area contributed by atoms with Crippen molar-refractivity contribution >= 4 is 35.1 Å². The van der Waals surface area contributed by atoms with Crippen LogP contribution in [-0.4, -0.2) is 35.8 Å². The average Bonchev–Trinajstić information content (AvgIpc) is 2.79. The molecule has 3 rings (SSSR count). The van der Waals surface area contributed by atoms with E-state index in [1.807, 2.05) is 39.8 Å². The monoisotopic (exact) mass is 470 g/mol.